The van der Waals surface area contributed by atoms with Crippen LogP contribution >= 0.6 is 0 Å². The van der Waals surface area contributed by atoms with Crippen LogP contribution in [0.25, 0.3) is 5.57 Å². The van der Waals surface area contributed by atoms with E-state index in [0.29, 0.717) is 5.57 Å². The van der Waals surface area contributed by atoms with Crippen molar-refractivity contribution in [1.82, 2.24) is 0 Å². The first kappa shape index (κ1) is 28.9. The number of nitrogens with two attached hydrogens (primary N) is 1. The van der Waals surface area contributed by atoms with Crippen LogP contribution < -0.4 is 10.5 Å². The van der Waals surface area contributed by atoms with Gasteiger partial charge in [0.25, 0.3) is 0 Å². The van der Waals surface area contributed by atoms with Gasteiger partial charge >= 0.3 is 5.97 Å². The van der Waals surface area contributed by atoms with Crippen molar-refractivity contribution in [1.29, 1.82) is 0 Å². The highest BCUT2D eigenvalue weighted by Gasteiger charge is 2.31. The predicted molar refractivity (Wildman–Crippen MR) is 147 cm³/mol. The van der Waals surface area contributed by atoms with Gasteiger partial charge in [0.15, 0.2) is 5.78 Å². The number of allylic oxidation sites excluding steroid dienone is 2. The topological polar surface area (TPSA) is 89.6 Å². The Labute approximate surface area is 216 Å². The highest BCUT2D eigenvalue weighted by Crippen LogP contribution is 2.40. The van der Waals surface area contributed by atoms with Gasteiger partial charge in [-0.2, -0.15) is 0 Å². The molecule has 2 aromatic rings. The molecule has 3 N–H and O–H groups in total. The zero-order valence-corrected chi connectivity index (χ0v) is 22.8. The van der Waals surface area contributed by atoms with Gasteiger partial charge in [0.2, 0.25) is 0 Å². The summed E-state index contributed by atoms with van der Waals surface area (Å²) in [4.78, 5) is 23.3. The molecule has 0 fully saturated rings. The highest BCUT2D eigenvalue weighted by atomic mass is 16.5. The summed E-state index contributed by atoms with van der Waals surface area (Å²) in [6, 6.07) is 14.7. The number of carboxylic acids is 1. The van der Waals surface area contributed by atoms with Crippen molar-refractivity contribution >= 4 is 17.3 Å². The quantitative estimate of drug-likeness (QED) is 0.337. The lowest BCUT2D eigenvalue weighted by Crippen LogP contribution is -2.27. The van der Waals surface area contributed by atoms with Crippen molar-refractivity contribution in [3.05, 3.63) is 82.6 Å². The van der Waals surface area contributed by atoms with Gasteiger partial charge in [0.1, 0.15) is 12.4 Å². The van der Waals surface area contributed by atoms with Crippen molar-refractivity contribution in [2.45, 2.75) is 73.1 Å². The van der Waals surface area contributed by atoms with Crippen LogP contribution in [0.2, 0.25) is 0 Å². The van der Waals surface area contributed by atoms with Crippen LogP contribution in [0.15, 0.2) is 60.3 Å². The first-order chi connectivity index (χ1) is 16.9. The molecule has 5 nitrogen and oxygen atoms in total. The molecule has 0 atom stereocenters. The zero-order valence-electron chi connectivity index (χ0n) is 22.8. The molecule has 5 heteroatoms. The third kappa shape index (κ3) is 6.87. The number of hydrogen-bond acceptors (Lipinski definition) is 4. The molecule has 2 aromatic carbocycles. The molecule has 0 aliphatic heterocycles. The van der Waals surface area contributed by atoms with E-state index in [-0.39, 0.29) is 24.2 Å². The molecular weight excluding hydrogens is 450 g/mol. The average molecular weight is 492 g/mol. The standard InChI is InChI=1S/C31H41NO4/c1-8-31(9-2,26-14-15-27(22(4)17-26)36-20-28(33)30(5,6)7)25-12-10-24(11-13-25)21(3)16-23(19-32)18-29(34)35/h10-17,19H,8-9,18,20,32H2,1-7H3,(H,34,35)/b21-16+,23-19+. The fourth-order valence-electron chi connectivity index (χ4n) is 4.45. The van der Waals surface area contributed by atoms with Gasteiger partial charge in [0.05, 0.1) is 6.42 Å². The Morgan fingerprint density at radius 1 is 1.00 bits per heavy atom. The average Bonchev–Trinajstić information content (AvgIpc) is 2.83. The third-order valence-corrected chi connectivity index (χ3v) is 6.99. The van der Waals surface area contributed by atoms with Crippen LogP contribution in [0, 0.1) is 12.3 Å². The molecule has 36 heavy (non-hydrogen) atoms. The summed E-state index contributed by atoms with van der Waals surface area (Å²) in [7, 11) is 0. The van der Waals surface area contributed by atoms with Gasteiger partial charge in [-0.15, -0.1) is 0 Å². The molecule has 2 rings (SSSR count). The maximum absolute atomic E-state index is 12.3. The fourth-order valence-corrected chi connectivity index (χ4v) is 4.45. The number of carboxylic acid groups (broad SMARTS) is 1. The van der Waals surface area contributed by atoms with Crippen LogP contribution in [0.4, 0.5) is 0 Å². The predicted octanol–water partition coefficient (Wildman–Crippen LogP) is 6.82. The molecular formula is C31H41NO4. The molecule has 0 amide bonds. The summed E-state index contributed by atoms with van der Waals surface area (Å²) in [6.45, 7) is 14.2. The van der Waals surface area contributed by atoms with E-state index in [9.17, 15) is 9.59 Å². The summed E-state index contributed by atoms with van der Waals surface area (Å²) >= 11 is 0. The largest absolute Gasteiger partial charge is 0.486 e. The summed E-state index contributed by atoms with van der Waals surface area (Å²) in [5, 5.41) is 9.06. The van der Waals surface area contributed by atoms with E-state index in [1.165, 1.54) is 17.3 Å². The van der Waals surface area contributed by atoms with Crippen LogP contribution in [-0.4, -0.2) is 23.5 Å². The Morgan fingerprint density at radius 2 is 1.58 bits per heavy atom. The van der Waals surface area contributed by atoms with Crippen molar-refractivity contribution in [3.8, 4) is 5.75 Å². The minimum absolute atomic E-state index is 0.0677. The van der Waals surface area contributed by atoms with E-state index in [0.717, 1.165) is 35.3 Å². The second-order valence-corrected chi connectivity index (χ2v) is 10.4. The van der Waals surface area contributed by atoms with Gasteiger partial charge in [0, 0.05) is 10.8 Å². The normalized spacial score (nSPS) is 13.0. The summed E-state index contributed by atoms with van der Waals surface area (Å²) in [5.74, 6) is -0.100. The van der Waals surface area contributed by atoms with E-state index in [1.807, 2.05) is 46.8 Å². The minimum Gasteiger partial charge on any atom is -0.486 e. The van der Waals surface area contributed by atoms with Gasteiger partial charge in [-0.25, -0.2) is 0 Å². The number of ether oxygens (including phenoxy) is 1. The Hall–Kier alpha value is -3.34. The molecule has 0 saturated carbocycles. The van der Waals surface area contributed by atoms with Gasteiger partial charge < -0.3 is 15.6 Å². The second kappa shape index (κ2) is 12.1. The number of Topliss-reactive ketones (excluding diaryl/α,β-unsaturated/α-hetero) is 1. The first-order valence-corrected chi connectivity index (χ1v) is 12.6. The van der Waals surface area contributed by atoms with Gasteiger partial charge in [-0.1, -0.05) is 77.1 Å². The van der Waals surface area contributed by atoms with E-state index in [1.54, 1.807) is 0 Å². The molecule has 0 saturated heterocycles. The maximum atomic E-state index is 12.3. The summed E-state index contributed by atoms with van der Waals surface area (Å²) in [6.07, 6.45) is 4.92. The number of hydrogen-bond donors (Lipinski definition) is 2. The third-order valence-electron chi connectivity index (χ3n) is 6.99. The SMILES string of the molecule is CCC(CC)(c1ccc(/C(C)=C/C(=C\N)CC(=O)O)cc1)c1ccc(OCC(=O)C(C)(C)C)c(C)c1. The lowest BCUT2D eigenvalue weighted by atomic mass is 9.70. The molecule has 0 aliphatic rings. The molecule has 0 heterocycles. The molecule has 0 unspecified atom stereocenters. The number of rotatable bonds is 11. The fraction of sp³-hybridized carbons (Fsp3) is 0.419. The number of carbonyl (C=O) groups is 2. The molecule has 0 bridgehead atoms. The van der Waals surface area contributed by atoms with Crippen LogP contribution in [0.3, 0.4) is 0 Å². The van der Waals surface area contributed by atoms with Gasteiger partial charge in [-0.05, 0) is 72.4 Å². The number of carbonyl (C=O) groups excluding carboxylic acids is 1. The second-order valence-electron chi connectivity index (χ2n) is 10.4. The monoisotopic (exact) mass is 491 g/mol. The molecule has 0 spiro atoms. The highest BCUT2D eigenvalue weighted by molar-refractivity contribution is 5.85. The van der Waals surface area contributed by atoms with Crippen molar-refractivity contribution in [2.24, 2.45) is 11.1 Å². The van der Waals surface area contributed by atoms with Crippen molar-refractivity contribution in [3.63, 3.8) is 0 Å². The van der Waals surface area contributed by atoms with Crippen LogP contribution in [0.1, 0.15) is 83.1 Å². The molecule has 0 aromatic heterocycles. The molecule has 0 radical (unpaired) electrons. The summed E-state index contributed by atoms with van der Waals surface area (Å²) in [5.41, 5.74) is 11.0. The van der Waals surface area contributed by atoms with E-state index in [2.05, 4.69) is 50.2 Å². The number of aliphatic carboxylic acids is 1. The van der Waals surface area contributed by atoms with Crippen LogP contribution in [0.5, 0.6) is 5.75 Å². The smallest absolute Gasteiger partial charge is 0.307 e. The summed E-state index contributed by atoms with van der Waals surface area (Å²) < 4.78 is 5.87. The Bertz CT molecular complexity index is 1130. The van der Waals surface area contributed by atoms with Crippen LogP contribution in [-0.2, 0) is 15.0 Å². The van der Waals surface area contributed by atoms with E-state index < -0.39 is 11.4 Å². The molecule has 194 valence electrons. The Morgan fingerprint density at radius 3 is 2.06 bits per heavy atom. The van der Waals surface area contributed by atoms with Crippen molar-refractivity contribution in [2.75, 3.05) is 6.61 Å². The lowest BCUT2D eigenvalue weighted by molar-refractivity contribution is -0.136. The zero-order chi connectivity index (χ0) is 27.1. The van der Waals surface area contributed by atoms with E-state index in [4.69, 9.17) is 15.6 Å². The number of aryl methyl sites for hydroxylation is 1. The number of ketones is 1. The van der Waals surface area contributed by atoms with Crippen molar-refractivity contribution < 1.29 is 19.4 Å². The van der Waals surface area contributed by atoms with E-state index >= 15 is 0 Å². The lowest BCUT2D eigenvalue weighted by Gasteiger charge is -2.34. The Kier molecular flexibility index (Phi) is 9.69. The first-order valence-electron chi connectivity index (χ1n) is 12.6. The molecule has 0 aliphatic carbocycles. The Balaban J connectivity index is 2.35. The number of benzene rings is 2. The minimum atomic E-state index is -0.908. The maximum Gasteiger partial charge on any atom is 0.307 e. The van der Waals surface area contributed by atoms with Gasteiger partial charge in [-0.3, -0.25) is 9.59 Å².